The number of carboxylic acids is 1. The van der Waals surface area contributed by atoms with Crippen molar-refractivity contribution >= 4 is 11.9 Å². The highest BCUT2D eigenvalue weighted by Crippen LogP contribution is 2.27. The molecule has 1 saturated carbocycles. The van der Waals surface area contributed by atoms with Crippen molar-refractivity contribution in [2.45, 2.75) is 71.0 Å². The zero-order valence-corrected chi connectivity index (χ0v) is 15.5. The first-order valence-electron chi connectivity index (χ1n) is 9.67. The van der Waals surface area contributed by atoms with Crippen molar-refractivity contribution in [2.75, 3.05) is 13.1 Å². The van der Waals surface area contributed by atoms with Crippen LogP contribution >= 0.6 is 0 Å². The number of amides is 1. The van der Waals surface area contributed by atoms with Gasteiger partial charge in [-0.2, -0.15) is 0 Å². The summed E-state index contributed by atoms with van der Waals surface area (Å²) in [5.41, 5.74) is 0. The van der Waals surface area contributed by atoms with Gasteiger partial charge < -0.3 is 15.0 Å². The van der Waals surface area contributed by atoms with Crippen LogP contribution in [0.15, 0.2) is 0 Å². The van der Waals surface area contributed by atoms with Crippen LogP contribution in [0.25, 0.3) is 0 Å². The highest BCUT2D eigenvalue weighted by atomic mass is 16.4. The molecule has 1 aromatic rings. The molecule has 26 heavy (non-hydrogen) atoms. The highest BCUT2D eigenvalue weighted by Gasteiger charge is 2.34. The number of hydrogen-bond donors (Lipinski definition) is 2. The van der Waals surface area contributed by atoms with Crippen molar-refractivity contribution in [3.8, 4) is 0 Å². The number of hydrogen-bond acceptors (Lipinski definition) is 5. The van der Waals surface area contributed by atoms with Crippen LogP contribution in [0.2, 0.25) is 0 Å². The number of carboxylic acid groups (broad SMARTS) is 1. The fourth-order valence-corrected chi connectivity index (χ4v) is 4.09. The third-order valence-corrected chi connectivity index (χ3v) is 5.62. The largest absolute Gasteiger partial charge is 0.480 e. The molecule has 1 unspecified atom stereocenters. The van der Waals surface area contributed by atoms with Gasteiger partial charge >= 0.3 is 5.97 Å². The lowest BCUT2D eigenvalue weighted by Crippen LogP contribution is -2.51. The van der Waals surface area contributed by atoms with Gasteiger partial charge in [-0.3, -0.25) is 14.5 Å². The molecule has 3 rings (SSSR count). The number of nitrogens with zero attached hydrogens (tertiary/aromatic N) is 4. The van der Waals surface area contributed by atoms with Crippen LogP contribution in [0.4, 0.5) is 0 Å². The summed E-state index contributed by atoms with van der Waals surface area (Å²) >= 11 is 0. The molecule has 8 heteroatoms. The van der Waals surface area contributed by atoms with Crippen LogP contribution in [0, 0.1) is 12.8 Å². The lowest BCUT2D eigenvalue weighted by Gasteiger charge is -2.32. The molecule has 1 aliphatic carbocycles. The normalized spacial score (nSPS) is 21.3. The van der Waals surface area contributed by atoms with E-state index in [0.29, 0.717) is 24.7 Å². The van der Waals surface area contributed by atoms with Crippen LogP contribution in [0.1, 0.15) is 56.6 Å². The number of aliphatic carboxylic acids is 1. The van der Waals surface area contributed by atoms with Gasteiger partial charge in [0, 0.05) is 6.54 Å². The van der Waals surface area contributed by atoms with Gasteiger partial charge in [0.15, 0.2) is 0 Å². The molecule has 144 valence electrons. The number of carbonyl (C=O) groups excluding carboxylic acids is 1. The average Bonchev–Trinajstić information content (AvgIpc) is 2.99. The molecule has 0 aromatic carbocycles. The highest BCUT2D eigenvalue weighted by molar-refractivity contribution is 5.80. The van der Waals surface area contributed by atoms with E-state index in [1.807, 2.05) is 11.5 Å². The molecular formula is C18H29N5O3. The van der Waals surface area contributed by atoms with E-state index in [-0.39, 0.29) is 19.0 Å². The predicted octanol–water partition coefficient (Wildman–Crippen LogP) is 1.33. The topological polar surface area (TPSA) is 100 Å². The summed E-state index contributed by atoms with van der Waals surface area (Å²) in [6, 6.07) is -0.731. The van der Waals surface area contributed by atoms with Crippen molar-refractivity contribution in [1.82, 2.24) is 25.0 Å². The Bertz CT molecular complexity index is 639. The molecule has 2 N–H and O–H groups in total. The van der Waals surface area contributed by atoms with Crippen LogP contribution in [0.3, 0.4) is 0 Å². The van der Waals surface area contributed by atoms with Crippen molar-refractivity contribution in [3.63, 3.8) is 0 Å². The Morgan fingerprint density at radius 3 is 2.73 bits per heavy atom. The molecule has 8 nitrogen and oxygen atoms in total. The van der Waals surface area contributed by atoms with Crippen molar-refractivity contribution in [2.24, 2.45) is 5.92 Å². The smallest absolute Gasteiger partial charge is 0.322 e. The van der Waals surface area contributed by atoms with E-state index in [1.165, 1.54) is 38.5 Å². The van der Waals surface area contributed by atoms with Gasteiger partial charge in [-0.05, 0) is 25.7 Å². The summed E-state index contributed by atoms with van der Waals surface area (Å²) < 4.78 is 1.82. The first-order valence-corrected chi connectivity index (χ1v) is 9.67. The van der Waals surface area contributed by atoms with Crippen LogP contribution in [0.5, 0.6) is 0 Å². The maximum absolute atomic E-state index is 12.3. The summed E-state index contributed by atoms with van der Waals surface area (Å²) in [6.07, 6.45) is 8.85. The van der Waals surface area contributed by atoms with Crippen LogP contribution in [-0.4, -0.2) is 55.8 Å². The number of rotatable bonds is 7. The maximum Gasteiger partial charge on any atom is 0.322 e. The van der Waals surface area contributed by atoms with Gasteiger partial charge in [-0.25, -0.2) is 0 Å². The fourth-order valence-electron chi connectivity index (χ4n) is 4.09. The van der Waals surface area contributed by atoms with Gasteiger partial charge in [-0.15, -0.1) is 10.2 Å². The molecular weight excluding hydrogens is 334 g/mol. The summed E-state index contributed by atoms with van der Waals surface area (Å²) in [6.45, 7) is 3.15. The van der Waals surface area contributed by atoms with E-state index in [0.717, 1.165) is 12.3 Å². The van der Waals surface area contributed by atoms with Crippen molar-refractivity contribution < 1.29 is 14.7 Å². The van der Waals surface area contributed by atoms with E-state index in [9.17, 15) is 14.7 Å². The third-order valence-electron chi connectivity index (χ3n) is 5.62. The second-order valence-electron chi connectivity index (χ2n) is 7.53. The molecule has 1 fully saturated rings. The Balaban J connectivity index is 1.45. The van der Waals surface area contributed by atoms with E-state index in [1.54, 1.807) is 4.90 Å². The third kappa shape index (κ3) is 4.60. The lowest BCUT2D eigenvalue weighted by molar-refractivity contribution is -0.145. The fraction of sp³-hybridized carbons (Fsp3) is 0.778. The maximum atomic E-state index is 12.3. The van der Waals surface area contributed by atoms with Crippen LogP contribution < -0.4 is 5.32 Å². The number of aryl methyl sites for hydroxylation is 1. The van der Waals surface area contributed by atoms with Gasteiger partial charge in [0.25, 0.3) is 0 Å². The average molecular weight is 363 g/mol. The molecule has 2 aliphatic rings. The minimum atomic E-state index is -0.922. The minimum Gasteiger partial charge on any atom is -0.480 e. The Hall–Kier alpha value is -1.96. The quantitative estimate of drug-likeness (QED) is 0.709. The van der Waals surface area contributed by atoms with Crippen molar-refractivity contribution in [1.29, 1.82) is 0 Å². The summed E-state index contributed by atoms with van der Waals surface area (Å²) in [7, 11) is 0. The molecule has 1 aromatic heterocycles. The Morgan fingerprint density at radius 1 is 1.23 bits per heavy atom. The number of nitrogens with one attached hydrogen (secondary N) is 1. The van der Waals surface area contributed by atoms with Crippen molar-refractivity contribution in [3.05, 3.63) is 11.6 Å². The second-order valence-corrected chi connectivity index (χ2v) is 7.53. The van der Waals surface area contributed by atoms with E-state index in [4.69, 9.17) is 0 Å². The molecule has 1 atom stereocenters. The number of fused-ring (bicyclic) bond motifs is 1. The monoisotopic (exact) mass is 363 g/mol. The standard InChI is InChI=1S/C18H29N5O3/c1-13-20-21-16-11-22(15(18(25)26)10-23(13)16)12-17(24)19-9-5-8-14-6-3-2-4-7-14/h14-15H,2-12H2,1H3,(H,19,24)(H,25,26). The Kier molecular flexibility index (Phi) is 6.24. The Morgan fingerprint density at radius 2 is 2.00 bits per heavy atom. The van der Waals surface area contributed by atoms with Crippen LogP contribution in [-0.2, 0) is 22.7 Å². The van der Waals surface area contributed by atoms with E-state index in [2.05, 4.69) is 15.5 Å². The number of aromatic nitrogens is 3. The van der Waals surface area contributed by atoms with Gasteiger partial charge in [0.1, 0.15) is 17.7 Å². The lowest BCUT2D eigenvalue weighted by atomic mass is 9.86. The Labute approximate surface area is 154 Å². The van der Waals surface area contributed by atoms with Gasteiger partial charge in [-0.1, -0.05) is 32.1 Å². The summed E-state index contributed by atoms with van der Waals surface area (Å²) in [5.74, 6) is 1.19. The SMILES string of the molecule is Cc1nnc2n1CC(C(=O)O)N(CC(=O)NCCCC1CCCCC1)C2. The zero-order valence-electron chi connectivity index (χ0n) is 15.5. The first-order chi connectivity index (χ1) is 12.5. The minimum absolute atomic E-state index is 0.0757. The summed E-state index contributed by atoms with van der Waals surface area (Å²) in [5, 5.41) is 20.5. The molecule has 0 radical (unpaired) electrons. The zero-order chi connectivity index (χ0) is 18.5. The molecule has 0 saturated heterocycles. The van der Waals surface area contributed by atoms with E-state index >= 15 is 0 Å². The molecule has 1 aliphatic heterocycles. The molecule has 2 heterocycles. The van der Waals surface area contributed by atoms with Gasteiger partial charge in [0.2, 0.25) is 5.91 Å². The van der Waals surface area contributed by atoms with Gasteiger partial charge in [0.05, 0.1) is 19.6 Å². The number of carbonyl (C=O) groups is 2. The molecule has 0 spiro atoms. The van der Waals surface area contributed by atoms with E-state index < -0.39 is 12.0 Å². The molecule has 1 amide bonds. The summed E-state index contributed by atoms with van der Waals surface area (Å²) in [4.78, 5) is 25.5. The molecule has 0 bridgehead atoms. The predicted molar refractivity (Wildman–Crippen MR) is 95.4 cm³/mol. The second kappa shape index (κ2) is 8.62. The first kappa shape index (κ1) is 18.8.